The van der Waals surface area contributed by atoms with Crippen LogP contribution in [0, 0.1) is 0 Å². The van der Waals surface area contributed by atoms with Crippen LogP contribution in [0.15, 0.2) is 145 Å². The summed E-state index contributed by atoms with van der Waals surface area (Å²) in [4.78, 5) is 0. The van der Waals surface area contributed by atoms with E-state index in [1.807, 2.05) is 0 Å². The summed E-state index contributed by atoms with van der Waals surface area (Å²) in [6.07, 6.45) is 0. The van der Waals surface area contributed by atoms with Crippen molar-refractivity contribution < 1.29 is 32.9 Å². The van der Waals surface area contributed by atoms with Gasteiger partial charge in [-0.05, 0) is 71.7 Å². The number of rotatable bonds is 3. The Balaban J connectivity index is 2.00. The second-order valence-electron chi connectivity index (χ2n) is 7.50. The Labute approximate surface area is 244 Å². The minimum atomic E-state index is -1.03. The Bertz CT molecular complexity index is 3120. The molecule has 7 aromatic rings. The maximum Gasteiger partial charge on any atom is 0.0636 e. The Morgan fingerprint density at radius 1 is 0.333 bits per heavy atom. The average molecular weight is 481 g/mol. The molecule has 0 spiro atoms. The van der Waals surface area contributed by atoms with E-state index in [0.29, 0.717) is 0 Å². The summed E-state index contributed by atoms with van der Waals surface area (Å²) in [5.74, 6) is 0. The van der Waals surface area contributed by atoms with Crippen LogP contribution in [-0.4, -0.2) is 0 Å². The summed E-state index contributed by atoms with van der Waals surface area (Å²) in [6, 6.07) is -22.4. The van der Waals surface area contributed by atoms with Gasteiger partial charge in [0.25, 0.3) is 0 Å². The van der Waals surface area contributed by atoms with Crippen LogP contribution >= 0.6 is 0 Å². The van der Waals surface area contributed by atoms with E-state index in [1.54, 1.807) is 0 Å². The predicted octanol–water partition coefficient (Wildman–Crippen LogP) is 10.1. The Morgan fingerprint density at radius 3 is 1.64 bits per heavy atom. The van der Waals surface area contributed by atoms with Crippen LogP contribution < -0.4 is 0 Å². The SMILES string of the molecule is [2H]c1c([2H])c([2H])c(-c2c([2H])c([2H])c3c(-c4c([2H])c([2H])c([2H])c5c([2H])c([2H])c([2H])c([2H])c45)c4c([2H])c([2H])c([2H])c([2H])c4c(-c4c([2H])c([2H])c([2H])c([2H])c4[2H])c3c2[2H])c([2H])c1[2H]. The topological polar surface area (TPSA) is 0 Å². The normalized spacial score (nSPS) is 20.7. The summed E-state index contributed by atoms with van der Waals surface area (Å²) < 4.78 is 211. The zero-order valence-electron chi connectivity index (χ0n) is 42.0. The highest BCUT2D eigenvalue weighted by Gasteiger charge is 2.18. The van der Waals surface area contributed by atoms with Gasteiger partial charge in [-0.3, -0.25) is 0 Å². The third-order valence-corrected chi connectivity index (χ3v) is 5.56. The quantitative estimate of drug-likeness (QED) is 0.221. The van der Waals surface area contributed by atoms with Crippen molar-refractivity contribution >= 4 is 32.3 Å². The second kappa shape index (κ2) is 8.52. The molecule has 0 radical (unpaired) electrons. The number of hydrogen-bond donors (Lipinski definition) is 0. The molecule has 0 saturated heterocycles. The molecule has 0 aliphatic rings. The maximum atomic E-state index is 9.75. The number of fused-ring (bicyclic) bond motifs is 3. The fourth-order valence-corrected chi connectivity index (χ4v) is 4.09. The van der Waals surface area contributed by atoms with Crippen molar-refractivity contribution in [1.29, 1.82) is 0 Å². The smallest absolute Gasteiger partial charge is 0.0622 e. The largest absolute Gasteiger partial charge is 0.0636 e. The van der Waals surface area contributed by atoms with Crippen molar-refractivity contribution in [3.8, 4) is 33.4 Å². The minimum absolute atomic E-state index is 0.617. The third kappa shape index (κ3) is 3.31. The van der Waals surface area contributed by atoms with E-state index >= 15 is 0 Å². The lowest BCUT2D eigenvalue weighted by Gasteiger charge is -2.19. The average Bonchev–Trinajstić information content (AvgIpc) is 3.22. The first-order chi connectivity index (χ1) is 27.9. The van der Waals surface area contributed by atoms with E-state index in [0.717, 1.165) is 0 Å². The molecule has 0 N–H and O–H groups in total. The van der Waals surface area contributed by atoms with Gasteiger partial charge in [0.05, 0.1) is 32.9 Å². The Hall–Kier alpha value is -4.68. The lowest BCUT2D eigenvalue weighted by molar-refractivity contribution is 1.63. The van der Waals surface area contributed by atoms with Crippen LogP contribution in [0.5, 0.6) is 0 Å². The molecule has 0 saturated carbocycles. The highest BCUT2D eigenvalue weighted by atomic mass is 14.2. The van der Waals surface area contributed by atoms with Crippen LogP contribution in [0.2, 0.25) is 0 Å². The molecule has 7 aromatic carbocycles. The lowest BCUT2D eigenvalue weighted by atomic mass is 9.84. The van der Waals surface area contributed by atoms with Crippen molar-refractivity contribution in [2.45, 2.75) is 0 Å². The van der Waals surface area contributed by atoms with E-state index in [4.69, 9.17) is 24.7 Å². The third-order valence-electron chi connectivity index (χ3n) is 5.56. The Kier molecular flexibility index (Phi) is 1.81. The molecule has 0 heterocycles. The summed E-state index contributed by atoms with van der Waals surface area (Å²) in [5, 5.41) is -4.15. The lowest BCUT2D eigenvalue weighted by Crippen LogP contribution is -1.92. The van der Waals surface area contributed by atoms with Gasteiger partial charge < -0.3 is 0 Å². The molecule has 168 valence electrons. The highest BCUT2D eigenvalue weighted by Crippen LogP contribution is 2.46. The van der Waals surface area contributed by atoms with Gasteiger partial charge in [-0.1, -0.05) is 139 Å². The molecular formula is C36H24. The number of hydrogen-bond acceptors (Lipinski definition) is 0. The molecule has 7 rings (SSSR count). The fourth-order valence-electron chi connectivity index (χ4n) is 4.09. The van der Waals surface area contributed by atoms with Crippen molar-refractivity contribution in [2.75, 3.05) is 0 Å². The van der Waals surface area contributed by atoms with Crippen LogP contribution in [0.3, 0.4) is 0 Å². The summed E-state index contributed by atoms with van der Waals surface area (Å²) in [5.41, 5.74) is -4.51. The molecule has 0 atom stereocenters. The van der Waals surface area contributed by atoms with Crippen molar-refractivity contribution in [3.05, 3.63) is 145 Å². The molecule has 0 unspecified atom stereocenters. The van der Waals surface area contributed by atoms with Crippen LogP contribution in [-0.2, 0) is 0 Å². The first-order valence-corrected chi connectivity index (χ1v) is 10.5. The molecule has 0 aliphatic heterocycles. The predicted molar refractivity (Wildman–Crippen MR) is 155 cm³/mol. The van der Waals surface area contributed by atoms with Gasteiger partial charge in [0.15, 0.2) is 0 Å². The minimum Gasteiger partial charge on any atom is -0.0622 e. The molecule has 0 aromatic heterocycles. The van der Waals surface area contributed by atoms with Gasteiger partial charge in [-0.25, -0.2) is 0 Å². The zero-order chi connectivity index (χ0) is 44.8. The van der Waals surface area contributed by atoms with Crippen LogP contribution in [0.25, 0.3) is 65.7 Å². The van der Waals surface area contributed by atoms with Gasteiger partial charge >= 0.3 is 0 Å². The molecule has 0 heteroatoms. The first-order valence-electron chi connectivity index (χ1n) is 22.5. The number of benzene rings is 7. The second-order valence-corrected chi connectivity index (χ2v) is 7.50. The molecule has 0 aliphatic carbocycles. The van der Waals surface area contributed by atoms with Gasteiger partial charge in [0, 0.05) is 0 Å². The molecule has 36 heavy (non-hydrogen) atoms. The van der Waals surface area contributed by atoms with Gasteiger partial charge in [0.1, 0.15) is 0 Å². The molecule has 0 nitrogen and oxygen atoms in total. The molecule has 0 amide bonds. The Morgan fingerprint density at radius 2 is 0.889 bits per heavy atom. The van der Waals surface area contributed by atoms with Crippen molar-refractivity contribution in [1.82, 2.24) is 0 Å². The van der Waals surface area contributed by atoms with Gasteiger partial charge in [-0.2, -0.15) is 0 Å². The van der Waals surface area contributed by atoms with E-state index in [2.05, 4.69) is 0 Å². The summed E-state index contributed by atoms with van der Waals surface area (Å²) in [7, 11) is 0. The molecule has 0 fully saturated rings. The highest BCUT2D eigenvalue weighted by molar-refractivity contribution is 6.24. The standard InChI is InChI=1S/C36H24/c1-3-12-25(13-4-1)28-22-23-33-34(24-28)35(27-15-5-2-6-16-27)31-19-9-10-20-32(31)36(33)30-21-11-17-26-14-7-8-18-29(26)30/h1-24H/i1D,2D,3D,4D,5D,6D,7D,8D,9D,10D,11D,12D,13D,14D,15D,16D,17D,18D,19D,20D,21D,22D,23D,24D. The maximum absolute atomic E-state index is 9.75. The van der Waals surface area contributed by atoms with Gasteiger partial charge in [-0.15, -0.1) is 0 Å². The zero-order valence-corrected chi connectivity index (χ0v) is 18.0. The molecular weight excluding hydrogens is 432 g/mol. The van der Waals surface area contributed by atoms with Crippen LogP contribution in [0.4, 0.5) is 0 Å². The fraction of sp³-hybridized carbons (Fsp3) is 0. The van der Waals surface area contributed by atoms with Gasteiger partial charge in [0.2, 0.25) is 0 Å². The summed E-state index contributed by atoms with van der Waals surface area (Å²) >= 11 is 0. The van der Waals surface area contributed by atoms with Crippen LogP contribution in [0.1, 0.15) is 32.9 Å². The summed E-state index contributed by atoms with van der Waals surface area (Å²) in [6.45, 7) is 0. The van der Waals surface area contributed by atoms with E-state index in [-0.39, 0.29) is 0 Å². The van der Waals surface area contributed by atoms with Crippen molar-refractivity contribution in [3.63, 3.8) is 0 Å². The van der Waals surface area contributed by atoms with E-state index in [1.165, 1.54) is 0 Å². The molecule has 0 bridgehead atoms. The van der Waals surface area contributed by atoms with E-state index in [9.17, 15) is 8.22 Å². The monoisotopic (exact) mass is 480 g/mol. The first kappa shape index (κ1) is 7.66. The van der Waals surface area contributed by atoms with E-state index < -0.39 is 211 Å². The van der Waals surface area contributed by atoms with Crippen molar-refractivity contribution in [2.24, 2.45) is 0 Å².